The van der Waals surface area contributed by atoms with Gasteiger partial charge in [-0.25, -0.2) is 0 Å². The Morgan fingerprint density at radius 3 is 2.75 bits per heavy atom. The first-order valence-corrected chi connectivity index (χ1v) is 6.76. The van der Waals surface area contributed by atoms with Gasteiger partial charge in [0.25, 0.3) is 0 Å². The molecular formula is C16H17NO3. The molecule has 4 heteroatoms. The molecule has 4 nitrogen and oxygen atoms in total. The Balaban J connectivity index is 1.91. The van der Waals surface area contributed by atoms with Crippen molar-refractivity contribution in [1.82, 2.24) is 5.32 Å². The number of hydrogen-bond acceptors (Lipinski definition) is 3. The fourth-order valence-electron chi connectivity index (χ4n) is 2.79. The molecule has 0 saturated carbocycles. The second-order valence-electron chi connectivity index (χ2n) is 5.12. The fraction of sp³-hybridized carbons (Fsp3) is 0.312. The summed E-state index contributed by atoms with van der Waals surface area (Å²) in [5.74, 6) is -0.867. The highest BCUT2D eigenvalue weighted by molar-refractivity contribution is 5.86. The van der Waals surface area contributed by atoms with Gasteiger partial charge < -0.3 is 9.84 Å². The SMILES string of the molecule is CC1OC(c2cccc3ccccc23)CNC1C(=O)O. The highest BCUT2D eigenvalue weighted by atomic mass is 16.5. The third kappa shape index (κ3) is 2.28. The van der Waals surface area contributed by atoms with Gasteiger partial charge in [0.1, 0.15) is 6.04 Å². The van der Waals surface area contributed by atoms with Crippen molar-refractivity contribution in [2.45, 2.75) is 25.2 Å². The lowest BCUT2D eigenvalue weighted by Crippen LogP contribution is -2.52. The third-order valence-electron chi connectivity index (χ3n) is 3.81. The Morgan fingerprint density at radius 2 is 2.00 bits per heavy atom. The van der Waals surface area contributed by atoms with Gasteiger partial charge in [0.2, 0.25) is 0 Å². The summed E-state index contributed by atoms with van der Waals surface area (Å²) in [4.78, 5) is 11.1. The number of carboxylic acid groups (broad SMARTS) is 1. The van der Waals surface area contributed by atoms with Crippen LogP contribution in [-0.2, 0) is 9.53 Å². The van der Waals surface area contributed by atoms with Crippen LogP contribution in [0.1, 0.15) is 18.6 Å². The van der Waals surface area contributed by atoms with E-state index in [1.807, 2.05) is 24.3 Å². The van der Waals surface area contributed by atoms with Crippen LogP contribution in [0.25, 0.3) is 10.8 Å². The zero-order valence-electron chi connectivity index (χ0n) is 11.2. The number of nitrogens with one attached hydrogen (secondary N) is 1. The molecule has 1 aliphatic heterocycles. The minimum Gasteiger partial charge on any atom is -0.480 e. The monoisotopic (exact) mass is 271 g/mol. The molecule has 0 bridgehead atoms. The number of rotatable bonds is 2. The average Bonchev–Trinajstić information content (AvgIpc) is 2.46. The maximum absolute atomic E-state index is 11.1. The van der Waals surface area contributed by atoms with Gasteiger partial charge in [-0.1, -0.05) is 42.5 Å². The third-order valence-corrected chi connectivity index (χ3v) is 3.81. The van der Waals surface area contributed by atoms with Crippen LogP contribution in [0, 0.1) is 0 Å². The van der Waals surface area contributed by atoms with Crippen LogP contribution in [0.2, 0.25) is 0 Å². The van der Waals surface area contributed by atoms with Crippen LogP contribution in [0.3, 0.4) is 0 Å². The van der Waals surface area contributed by atoms with Gasteiger partial charge in [0.05, 0.1) is 12.2 Å². The van der Waals surface area contributed by atoms with Crippen molar-refractivity contribution < 1.29 is 14.6 Å². The van der Waals surface area contributed by atoms with Crippen molar-refractivity contribution in [3.8, 4) is 0 Å². The van der Waals surface area contributed by atoms with Crippen LogP contribution < -0.4 is 5.32 Å². The molecule has 0 aromatic heterocycles. The number of aliphatic carboxylic acids is 1. The lowest BCUT2D eigenvalue weighted by atomic mass is 9.98. The molecule has 20 heavy (non-hydrogen) atoms. The first-order chi connectivity index (χ1) is 9.66. The molecule has 3 unspecified atom stereocenters. The number of morpholine rings is 1. The lowest BCUT2D eigenvalue weighted by Gasteiger charge is -2.34. The summed E-state index contributed by atoms with van der Waals surface area (Å²) >= 11 is 0. The molecule has 104 valence electrons. The first kappa shape index (κ1) is 13.1. The van der Waals surface area contributed by atoms with Crippen LogP contribution in [0.5, 0.6) is 0 Å². The van der Waals surface area contributed by atoms with Crippen molar-refractivity contribution in [3.05, 3.63) is 48.0 Å². The molecule has 3 atom stereocenters. The topological polar surface area (TPSA) is 58.6 Å². The summed E-state index contributed by atoms with van der Waals surface area (Å²) in [6.07, 6.45) is -0.475. The van der Waals surface area contributed by atoms with Crippen molar-refractivity contribution in [3.63, 3.8) is 0 Å². The Hall–Kier alpha value is -1.91. The van der Waals surface area contributed by atoms with E-state index in [4.69, 9.17) is 9.84 Å². The highest BCUT2D eigenvalue weighted by Gasteiger charge is 2.33. The number of benzene rings is 2. The maximum atomic E-state index is 11.1. The minimum atomic E-state index is -0.867. The Labute approximate surface area is 117 Å². The Kier molecular flexibility index (Phi) is 3.42. The summed E-state index contributed by atoms with van der Waals surface area (Å²) in [6.45, 7) is 2.30. The van der Waals surface area contributed by atoms with Gasteiger partial charge in [-0.2, -0.15) is 0 Å². The molecule has 2 N–H and O–H groups in total. The van der Waals surface area contributed by atoms with Crippen molar-refractivity contribution in [2.24, 2.45) is 0 Å². The fourth-order valence-corrected chi connectivity index (χ4v) is 2.79. The molecular weight excluding hydrogens is 254 g/mol. The second kappa shape index (κ2) is 5.23. The normalized spacial score (nSPS) is 26.6. The van der Waals surface area contributed by atoms with Crippen LogP contribution in [0.4, 0.5) is 0 Å². The van der Waals surface area contributed by atoms with E-state index in [1.165, 1.54) is 5.39 Å². The molecule has 1 saturated heterocycles. The first-order valence-electron chi connectivity index (χ1n) is 6.76. The number of ether oxygens (including phenoxy) is 1. The molecule has 0 radical (unpaired) electrons. The number of carboxylic acids is 1. The molecule has 1 aliphatic rings. The maximum Gasteiger partial charge on any atom is 0.323 e. The Bertz CT molecular complexity index is 635. The van der Waals surface area contributed by atoms with Crippen LogP contribution >= 0.6 is 0 Å². The number of carbonyl (C=O) groups is 1. The quantitative estimate of drug-likeness (QED) is 0.880. The molecule has 1 fully saturated rings. The predicted octanol–water partition coefficient (Wildman–Crippen LogP) is 2.34. The zero-order chi connectivity index (χ0) is 14.1. The summed E-state index contributed by atoms with van der Waals surface area (Å²) in [7, 11) is 0. The van der Waals surface area contributed by atoms with E-state index < -0.39 is 12.0 Å². The van der Waals surface area contributed by atoms with Crippen molar-refractivity contribution >= 4 is 16.7 Å². The van der Waals surface area contributed by atoms with Crippen LogP contribution in [0.15, 0.2) is 42.5 Å². The summed E-state index contributed by atoms with van der Waals surface area (Å²) in [5.41, 5.74) is 1.10. The van der Waals surface area contributed by atoms with Crippen LogP contribution in [-0.4, -0.2) is 29.8 Å². The zero-order valence-corrected chi connectivity index (χ0v) is 11.2. The van der Waals surface area contributed by atoms with E-state index in [0.717, 1.165) is 10.9 Å². The largest absolute Gasteiger partial charge is 0.480 e. The average molecular weight is 271 g/mol. The van der Waals surface area contributed by atoms with Gasteiger partial charge in [0.15, 0.2) is 0 Å². The van der Waals surface area contributed by atoms with Gasteiger partial charge in [-0.05, 0) is 23.3 Å². The Morgan fingerprint density at radius 1 is 1.25 bits per heavy atom. The highest BCUT2D eigenvalue weighted by Crippen LogP contribution is 2.29. The van der Waals surface area contributed by atoms with Gasteiger partial charge in [0, 0.05) is 6.54 Å². The molecule has 3 rings (SSSR count). The standard InChI is InChI=1S/C16H17NO3/c1-10-15(16(18)19)17-9-14(20-10)13-8-4-6-11-5-2-3-7-12(11)13/h2-8,10,14-15,17H,9H2,1H3,(H,18,19). The molecule has 0 aliphatic carbocycles. The lowest BCUT2D eigenvalue weighted by molar-refractivity contribution is -0.149. The van der Waals surface area contributed by atoms with E-state index in [2.05, 4.69) is 23.5 Å². The number of fused-ring (bicyclic) bond motifs is 1. The van der Waals surface area contributed by atoms with Gasteiger partial charge in [-0.15, -0.1) is 0 Å². The van der Waals surface area contributed by atoms with Crippen molar-refractivity contribution in [1.29, 1.82) is 0 Å². The van der Waals surface area contributed by atoms with E-state index >= 15 is 0 Å². The summed E-state index contributed by atoms with van der Waals surface area (Å²) < 4.78 is 5.91. The molecule has 2 aromatic rings. The van der Waals surface area contributed by atoms with Gasteiger partial charge in [-0.3, -0.25) is 10.1 Å². The van der Waals surface area contributed by atoms with E-state index in [-0.39, 0.29) is 12.2 Å². The number of hydrogen-bond donors (Lipinski definition) is 2. The van der Waals surface area contributed by atoms with E-state index in [1.54, 1.807) is 6.92 Å². The minimum absolute atomic E-state index is 0.119. The van der Waals surface area contributed by atoms with Crippen molar-refractivity contribution in [2.75, 3.05) is 6.54 Å². The van der Waals surface area contributed by atoms with E-state index in [0.29, 0.717) is 6.54 Å². The van der Waals surface area contributed by atoms with Gasteiger partial charge >= 0.3 is 5.97 Å². The summed E-state index contributed by atoms with van der Waals surface area (Å²) in [6, 6.07) is 13.6. The molecule has 0 amide bonds. The van der Waals surface area contributed by atoms with E-state index in [9.17, 15) is 4.79 Å². The second-order valence-corrected chi connectivity index (χ2v) is 5.12. The summed E-state index contributed by atoms with van der Waals surface area (Å²) in [5, 5.41) is 14.5. The molecule has 1 heterocycles. The smallest absolute Gasteiger partial charge is 0.323 e. The molecule has 2 aromatic carbocycles. The molecule has 0 spiro atoms. The predicted molar refractivity (Wildman–Crippen MR) is 76.7 cm³/mol.